The van der Waals surface area contributed by atoms with Gasteiger partial charge in [0.05, 0.1) is 17.1 Å². The second-order valence-electron chi connectivity index (χ2n) is 9.64. The maximum atomic E-state index is 13.8. The molecule has 42 heavy (non-hydrogen) atoms. The van der Waals surface area contributed by atoms with E-state index >= 15 is 0 Å². The van der Waals surface area contributed by atoms with E-state index in [0.717, 1.165) is 23.3 Å². The fourth-order valence-electron chi connectivity index (χ4n) is 4.52. The van der Waals surface area contributed by atoms with E-state index in [-0.39, 0.29) is 23.4 Å². The number of carbonyl (C=O) groups is 2. The lowest BCUT2D eigenvalue weighted by molar-refractivity contribution is -0.139. The second kappa shape index (κ2) is 13.7. The number of aryl methyl sites for hydroxylation is 1. The summed E-state index contributed by atoms with van der Waals surface area (Å²) in [5.74, 6) is -1.63. The monoisotopic (exact) mass is 606 g/mol. The van der Waals surface area contributed by atoms with Gasteiger partial charge in [-0.05, 0) is 96.1 Å². The molecule has 0 radical (unpaired) electrons. The Balaban J connectivity index is 1.78. The molecule has 0 aliphatic heterocycles. The van der Waals surface area contributed by atoms with E-state index in [4.69, 9.17) is 0 Å². The smallest absolute Gasteiger partial charge is 0.326 e. The molecule has 4 rings (SSSR count). The van der Waals surface area contributed by atoms with Crippen LogP contribution in [0.1, 0.15) is 27.9 Å². The molecule has 0 saturated heterocycles. The van der Waals surface area contributed by atoms with Gasteiger partial charge in [-0.1, -0.05) is 48.5 Å². The lowest BCUT2D eigenvalue weighted by Gasteiger charge is -2.25. The first-order valence-electron chi connectivity index (χ1n) is 13.2. The third-order valence-electron chi connectivity index (χ3n) is 6.75. The van der Waals surface area contributed by atoms with Gasteiger partial charge in [-0.2, -0.15) is 11.8 Å². The molecule has 1 unspecified atom stereocenters. The third kappa shape index (κ3) is 7.18. The minimum Gasteiger partial charge on any atom is -0.480 e. The van der Waals surface area contributed by atoms with Crippen LogP contribution in [0, 0.1) is 12.7 Å². The van der Waals surface area contributed by atoms with Crippen LogP contribution in [0.2, 0.25) is 0 Å². The largest absolute Gasteiger partial charge is 0.480 e. The van der Waals surface area contributed by atoms with Crippen molar-refractivity contribution in [3.05, 3.63) is 120 Å². The Morgan fingerprint density at radius 1 is 0.929 bits per heavy atom. The molecule has 0 aromatic heterocycles. The predicted octanol–water partition coefficient (Wildman–Crippen LogP) is 6.13. The van der Waals surface area contributed by atoms with Gasteiger partial charge in [-0.25, -0.2) is 17.6 Å². The van der Waals surface area contributed by atoms with E-state index in [0.29, 0.717) is 22.6 Å². The molecule has 218 valence electrons. The third-order valence-corrected chi connectivity index (χ3v) is 9.18. The predicted molar refractivity (Wildman–Crippen MR) is 165 cm³/mol. The number of anilines is 1. The maximum absolute atomic E-state index is 13.8. The van der Waals surface area contributed by atoms with E-state index in [2.05, 4.69) is 5.32 Å². The molecule has 0 saturated carbocycles. The number of rotatable bonds is 12. The van der Waals surface area contributed by atoms with Crippen molar-refractivity contribution in [3.8, 4) is 11.1 Å². The van der Waals surface area contributed by atoms with Gasteiger partial charge in [0.25, 0.3) is 15.9 Å². The van der Waals surface area contributed by atoms with Gasteiger partial charge in [0.1, 0.15) is 11.9 Å². The van der Waals surface area contributed by atoms with Gasteiger partial charge in [-0.3, -0.25) is 9.10 Å². The van der Waals surface area contributed by atoms with Gasteiger partial charge >= 0.3 is 5.97 Å². The Morgan fingerprint density at radius 2 is 1.60 bits per heavy atom. The number of hydrogen-bond donors (Lipinski definition) is 2. The molecule has 0 bridgehead atoms. The molecule has 0 spiro atoms. The average molecular weight is 607 g/mol. The molecule has 4 aromatic rings. The molecular weight excluding hydrogens is 575 g/mol. The maximum Gasteiger partial charge on any atom is 0.326 e. The first-order chi connectivity index (χ1) is 20.1. The molecule has 2 N–H and O–H groups in total. The van der Waals surface area contributed by atoms with E-state index in [1.54, 1.807) is 48.5 Å². The van der Waals surface area contributed by atoms with Crippen molar-refractivity contribution in [2.24, 2.45) is 0 Å². The second-order valence-corrected chi connectivity index (χ2v) is 12.5. The van der Waals surface area contributed by atoms with Crippen LogP contribution >= 0.6 is 11.8 Å². The lowest BCUT2D eigenvalue weighted by Crippen LogP contribution is -2.41. The summed E-state index contributed by atoms with van der Waals surface area (Å²) in [5.41, 5.74) is 3.48. The molecule has 0 aliphatic carbocycles. The van der Waals surface area contributed by atoms with E-state index in [1.165, 1.54) is 28.2 Å². The number of nitrogens with zero attached hydrogens (tertiary/aromatic N) is 1. The average Bonchev–Trinajstić information content (AvgIpc) is 2.98. The summed E-state index contributed by atoms with van der Waals surface area (Å²) in [5, 5.41) is 12.3. The summed E-state index contributed by atoms with van der Waals surface area (Å²) in [6.07, 6.45) is 2.14. The molecular formula is C32H31FN2O5S2. The fourth-order valence-corrected chi connectivity index (χ4v) is 6.45. The quantitative estimate of drug-likeness (QED) is 0.201. The number of thioether (sulfide) groups is 1. The molecule has 10 heteroatoms. The standard InChI is InChI=1S/C32H31FN2O5S2/c1-22-8-6-7-11-27(22)29-20-23(12-17-28(29)31(36)34-30(32(37)38)18-19-41-2)21-35(25-9-4-3-5-10-25)42(39,40)26-15-13-24(33)14-16-26/h3-17,20,30H,18-19,21H2,1-2H3,(H,34,36)(H,37,38). The summed E-state index contributed by atoms with van der Waals surface area (Å²) >= 11 is 1.49. The van der Waals surface area contributed by atoms with Gasteiger partial charge in [-0.15, -0.1) is 0 Å². The van der Waals surface area contributed by atoms with Crippen LogP contribution in [0.3, 0.4) is 0 Å². The first kappa shape index (κ1) is 30.8. The minimum absolute atomic E-state index is 0.0622. The summed E-state index contributed by atoms with van der Waals surface area (Å²) in [6.45, 7) is 1.83. The van der Waals surface area contributed by atoms with Gasteiger partial charge in [0, 0.05) is 5.56 Å². The number of carboxylic acids is 1. The van der Waals surface area contributed by atoms with Crippen LogP contribution in [0.15, 0.2) is 102 Å². The zero-order valence-electron chi connectivity index (χ0n) is 23.2. The molecule has 7 nitrogen and oxygen atoms in total. The van der Waals surface area contributed by atoms with E-state index < -0.39 is 33.8 Å². The van der Waals surface area contributed by atoms with Crippen molar-refractivity contribution in [3.63, 3.8) is 0 Å². The van der Waals surface area contributed by atoms with Crippen molar-refractivity contribution in [1.29, 1.82) is 0 Å². The van der Waals surface area contributed by atoms with E-state index in [1.807, 2.05) is 37.4 Å². The van der Waals surface area contributed by atoms with E-state index in [9.17, 15) is 27.5 Å². The Kier molecular flexibility index (Phi) is 10.0. The zero-order valence-corrected chi connectivity index (χ0v) is 24.8. The highest BCUT2D eigenvalue weighted by Gasteiger charge is 2.27. The number of carboxylic acid groups (broad SMARTS) is 1. The molecule has 1 amide bonds. The Hall–Kier alpha value is -4.15. The van der Waals surface area contributed by atoms with Crippen molar-refractivity contribution >= 4 is 39.3 Å². The normalized spacial score (nSPS) is 12.0. The first-order valence-corrected chi connectivity index (χ1v) is 16.0. The number of benzene rings is 4. The van der Waals surface area contributed by atoms with Crippen molar-refractivity contribution in [2.75, 3.05) is 16.3 Å². The van der Waals surface area contributed by atoms with Crippen LogP contribution in [0.5, 0.6) is 0 Å². The zero-order chi connectivity index (χ0) is 30.3. The number of nitrogens with one attached hydrogen (secondary N) is 1. The van der Waals surface area contributed by atoms with Crippen molar-refractivity contribution in [1.82, 2.24) is 5.32 Å². The number of sulfonamides is 1. The SMILES string of the molecule is CSCCC(NC(=O)c1ccc(CN(c2ccccc2)S(=O)(=O)c2ccc(F)cc2)cc1-c1ccccc1C)C(=O)O. The number of amides is 1. The van der Waals surface area contributed by atoms with Gasteiger partial charge in [0.2, 0.25) is 0 Å². The van der Waals surface area contributed by atoms with Crippen LogP contribution in [-0.4, -0.2) is 43.5 Å². The van der Waals surface area contributed by atoms with Crippen molar-refractivity contribution in [2.45, 2.75) is 30.8 Å². The Morgan fingerprint density at radius 3 is 2.24 bits per heavy atom. The summed E-state index contributed by atoms with van der Waals surface area (Å²) in [6, 6.07) is 24.6. The molecule has 0 heterocycles. The number of hydrogen-bond acceptors (Lipinski definition) is 5. The highest BCUT2D eigenvalue weighted by Crippen LogP contribution is 2.31. The summed E-state index contributed by atoms with van der Waals surface area (Å²) in [7, 11) is -4.10. The highest BCUT2D eigenvalue weighted by atomic mass is 32.2. The van der Waals surface area contributed by atoms with Crippen LogP contribution in [0.25, 0.3) is 11.1 Å². The Bertz CT molecular complexity index is 1660. The van der Waals surface area contributed by atoms with Gasteiger partial charge < -0.3 is 10.4 Å². The molecule has 0 fully saturated rings. The fraction of sp³-hybridized carbons (Fsp3) is 0.188. The molecule has 0 aliphatic rings. The number of carbonyl (C=O) groups excluding carboxylic acids is 1. The molecule has 4 aromatic carbocycles. The Labute approximate surface area is 249 Å². The number of halogens is 1. The van der Waals surface area contributed by atoms with Crippen LogP contribution in [-0.2, 0) is 21.4 Å². The minimum atomic E-state index is -4.10. The van der Waals surface area contributed by atoms with Crippen LogP contribution < -0.4 is 9.62 Å². The summed E-state index contributed by atoms with van der Waals surface area (Å²) < 4.78 is 42.4. The van der Waals surface area contributed by atoms with Crippen LogP contribution in [0.4, 0.5) is 10.1 Å². The van der Waals surface area contributed by atoms with Gasteiger partial charge in [0.15, 0.2) is 0 Å². The highest BCUT2D eigenvalue weighted by molar-refractivity contribution is 7.98. The topological polar surface area (TPSA) is 104 Å². The number of para-hydroxylation sites is 1. The van der Waals surface area contributed by atoms with Crippen molar-refractivity contribution < 1.29 is 27.5 Å². The number of aliphatic carboxylic acids is 1. The lowest BCUT2D eigenvalue weighted by atomic mass is 9.93. The molecule has 1 atom stereocenters. The summed E-state index contributed by atoms with van der Waals surface area (Å²) in [4.78, 5) is 25.2.